The molecule has 5 aromatic carbocycles. The van der Waals surface area contributed by atoms with Gasteiger partial charge in [-0.1, -0.05) is 0 Å². The van der Waals surface area contributed by atoms with E-state index < -0.39 is 23.2 Å². The first-order valence-electron chi connectivity index (χ1n) is 15.4. The van der Waals surface area contributed by atoms with Gasteiger partial charge in [-0.2, -0.15) is 0 Å². The van der Waals surface area contributed by atoms with Crippen molar-refractivity contribution < 1.29 is 48.0 Å². The van der Waals surface area contributed by atoms with Crippen LogP contribution in [0.2, 0.25) is 0 Å². The Hall–Kier alpha value is -2.44. The van der Waals surface area contributed by atoms with Gasteiger partial charge in [-0.15, -0.1) is 0 Å². The van der Waals surface area contributed by atoms with E-state index >= 15 is 0 Å². The molecule has 0 spiro atoms. The van der Waals surface area contributed by atoms with Crippen molar-refractivity contribution in [2.45, 2.75) is 69.3 Å². The number of halogens is 2. The van der Waals surface area contributed by atoms with Crippen molar-refractivity contribution in [2.75, 3.05) is 0 Å². The third-order valence-electron chi connectivity index (χ3n) is 9.40. The predicted molar refractivity (Wildman–Crippen MR) is 177 cm³/mol. The number of hydrogen-bond acceptors (Lipinski definition) is 0. The predicted octanol–water partition coefficient (Wildman–Crippen LogP) is 4.22. The van der Waals surface area contributed by atoms with Gasteiger partial charge in [-0.3, -0.25) is 0 Å². The summed E-state index contributed by atoms with van der Waals surface area (Å²) in [5.41, 5.74) is 16.5. The summed E-state index contributed by atoms with van der Waals surface area (Å²) in [6.07, 6.45) is 3.72. The molecule has 2 aliphatic rings. The molecule has 0 amide bonds. The van der Waals surface area contributed by atoms with Crippen LogP contribution < -0.4 is 28.1 Å². The summed E-state index contributed by atoms with van der Waals surface area (Å²) in [7, 11) is 0. The average Bonchev–Trinajstić information content (AvgIpc) is 3.50. The minimum Gasteiger partial charge on any atom is -1.00 e. The van der Waals surface area contributed by atoms with E-state index in [0.717, 1.165) is 6.42 Å². The number of hydrogen-bond donors (Lipinski definition) is 0. The zero-order valence-corrected chi connectivity index (χ0v) is 30.7. The fourth-order valence-corrected chi connectivity index (χ4v) is 12.0. The van der Waals surface area contributed by atoms with Gasteiger partial charge >= 0.3 is 265 Å². The summed E-state index contributed by atoms with van der Waals surface area (Å²) in [5, 5.41) is 2.73. The maximum Gasteiger partial charge on any atom is -1.00 e. The van der Waals surface area contributed by atoms with Gasteiger partial charge < -0.3 is 24.8 Å². The quantitative estimate of drug-likeness (QED) is 0.261. The van der Waals surface area contributed by atoms with Crippen LogP contribution in [0.25, 0.3) is 27.5 Å². The summed E-state index contributed by atoms with van der Waals surface area (Å²) in [4.78, 5) is 0. The maximum absolute atomic E-state index is 2.65. The topological polar surface area (TPSA) is 0 Å². The molecule has 5 aromatic rings. The van der Waals surface area contributed by atoms with Crippen LogP contribution >= 0.6 is 0 Å². The first-order chi connectivity index (χ1) is 20.0. The van der Waals surface area contributed by atoms with Crippen LogP contribution in [-0.4, -0.2) is 0 Å². The molecular weight excluding hydrogens is 655 g/mol. The fourth-order valence-electron chi connectivity index (χ4n) is 7.10. The van der Waals surface area contributed by atoms with Crippen molar-refractivity contribution in [3.63, 3.8) is 0 Å². The van der Waals surface area contributed by atoms with Crippen molar-refractivity contribution in [3.8, 4) is 11.1 Å². The van der Waals surface area contributed by atoms with Crippen molar-refractivity contribution in [1.29, 1.82) is 0 Å². The molecule has 44 heavy (non-hydrogen) atoms. The van der Waals surface area contributed by atoms with Crippen molar-refractivity contribution in [3.05, 3.63) is 142 Å². The Labute approximate surface area is 287 Å². The first-order valence-corrected chi connectivity index (χ1v) is 18.0. The molecule has 0 radical (unpaired) electrons. The van der Waals surface area contributed by atoms with Gasteiger partial charge in [0, 0.05) is 0 Å². The molecule has 0 saturated carbocycles. The van der Waals surface area contributed by atoms with E-state index in [4.69, 9.17) is 0 Å². The molecule has 1 atom stereocenters. The number of benzene rings is 5. The first kappa shape index (κ1) is 32.9. The minimum atomic E-state index is -1.08. The second-order valence-electron chi connectivity index (χ2n) is 14.3. The summed E-state index contributed by atoms with van der Waals surface area (Å²) in [6, 6.07) is 35.0. The van der Waals surface area contributed by atoms with Gasteiger partial charge in [0.2, 0.25) is 0 Å². The number of allylic oxidation sites excluding steroid dienone is 1. The monoisotopic (exact) mass is 692 g/mol. The molecule has 0 saturated heterocycles. The summed E-state index contributed by atoms with van der Waals surface area (Å²) in [5.74, 6) is 0. The zero-order valence-electron chi connectivity index (χ0n) is 26.8. The third-order valence-corrected chi connectivity index (χ3v) is 13.5. The van der Waals surface area contributed by atoms with Crippen LogP contribution in [0, 0.1) is 6.92 Å². The molecule has 0 nitrogen and oxygen atoms in total. The van der Waals surface area contributed by atoms with E-state index in [-0.39, 0.29) is 35.6 Å². The van der Waals surface area contributed by atoms with E-state index in [0.29, 0.717) is 3.63 Å². The molecule has 2 aliphatic carbocycles. The van der Waals surface area contributed by atoms with E-state index in [1.165, 1.54) is 60.9 Å². The smallest absolute Gasteiger partial charge is 1.00 e. The molecule has 0 aromatic heterocycles. The van der Waals surface area contributed by atoms with Gasteiger partial charge in [0.15, 0.2) is 0 Å². The van der Waals surface area contributed by atoms with Crippen LogP contribution in [0.4, 0.5) is 0 Å². The average molecular weight is 695 g/mol. The molecule has 1 unspecified atom stereocenters. The second kappa shape index (κ2) is 12.1. The molecule has 3 heteroatoms. The largest absolute Gasteiger partial charge is 1.00 e. The Kier molecular flexibility index (Phi) is 9.03. The van der Waals surface area contributed by atoms with Crippen LogP contribution in [0.1, 0.15) is 89.7 Å². The van der Waals surface area contributed by atoms with Crippen LogP contribution in [0.5, 0.6) is 0 Å². The standard InChI is InChI=1S/C21H25.C20H15.2ClH.Zr/c1-20(2,3)16-7-9-18-14(12-16)11-15-13-17(21(4,5)6)8-10-19(15)18;1-14-6-4-10-18-16(14)9-5-11-19(18)20-13-12-15-7-2-3-8-17(15)20;;;/h7-10,12H,11H2,1-6H3;2-13H,1H3;2*1H;/q;;;;+2/p-2. The van der Waals surface area contributed by atoms with Gasteiger partial charge in [-0.05, 0) is 0 Å². The SMILES string of the molecule is Cc1cccc2c(C3=C[CH]([Zr+2][c]4c(C(C)(C)C)ccc5c4Cc4cc(C(C)(C)C)ccc4-5)c4ccccc43)cccc12.[Cl-].[Cl-]. The Morgan fingerprint density at radius 3 is 2.07 bits per heavy atom. The zero-order chi connectivity index (χ0) is 29.4. The summed E-state index contributed by atoms with van der Waals surface area (Å²) < 4.78 is 2.24. The van der Waals surface area contributed by atoms with Gasteiger partial charge in [0.25, 0.3) is 0 Å². The fraction of sp³-hybridized carbons (Fsp3) is 0.268. The third kappa shape index (κ3) is 5.59. The van der Waals surface area contributed by atoms with Crippen LogP contribution in [0.15, 0.2) is 97.1 Å². The van der Waals surface area contributed by atoms with E-state index in [1.807, 2.05) is 0 Å². The van der Waals surface area contributed by atoms with Gasteiger partial charge in [0.1, 0.15) is 0 Å². The summed E-state index contributed by atoms with van der Waals surface area (Å²) in [6.45, 7) is 16.4. The number of fused-ring (bicyclic) bond motifs is 5. The van der Waals surface area contributed by atoms with Crippen molar-refractivity contribution >= 4 is 19.6 Å². The second-order valence-corrected chi connectivity index (χ2v) is 17.8. The summed E-state index contributed by atoms with van der Waals surface area (Å²) >= 11 is -1.08. The Morgan fingerprint density at radius 1 is 0.636 bits per heavy atom. The van der Waals surface area contributed by atoms with Crippen molar-refractivity contribution in [2.24, 2.45) is 0 Å². The minimum absolute atomic E-state index is 0. The van der Waals surface area contributed by atoms with Crippen LogP contribution in [0.3, 0.4) is 0 Å². The van der Waals surface area contributed by atoms with Crippen molar-refractivity contribution in [1.82, 2.24) is 0 Å². The van der Waals surface area contributed by atoms with E-state index in [2.05, 4.69) is 146 Å². The Morgan fingerprint density at radius 2 is 1.32 bits per heavy atom. The molecule has 7 rings (SSSR count). The molecule has 0 heterocycles. The molecular formula is C41H40Cl2Zr. The molecule has 0 bridgehead atoms. The van der Waals surface area contributed by atoms with Gasteiger partial charge in [0.05, 0.1) is 0 Å². The molecule has 0 N–H and O–H groups in total. The number of aryl methyl sites for hydroxylation is 1. The molecule has 0 fully saturated rings. The van der Waals surface area contributed by atoms with E-state index in [1.54, 1.807) is 14.4 Å². The normalized spacial score (nSPS) is 15.0. The molecule has 0 aliphatic heterocycles. The van der Waals surface area contributed by atoms with Gasteiger partial charge in [-0.25, -0.2) is 0 Å². The molecule has 222 valence electrons. The Bertz CT molecular complexity index is 1920. The van der Waals surface area contributed by atoms with E-state index in [9.17, 15) is 0 Å². The Balaban J connectivity index is 0.00000192. The maximum atomic E-state index is 2.65. The number of rotatable bonds is 3. The van der Waals surface area contributed by atoms with Crippen LogP contribution in [-0.2, 0) is 40.5 Å².